The van der Waals surface area contributed by atoms with E-state index in [1.165, 1.54) is 34.6 Å². The van der Waals surface area contributed by atoms with Crippen molar-refractivity contribution >= 4 is 11.3 Å². The number of rotatable bonds is 4. The third-order valence-corrected chi connectivity index (χ3v) is 4.31. The van der Waals surface area contributed by atoms with Gasteiger partial charge in [0, 0.05) is 29.5 Å². The number of ether oxygens (including phenoxy) is 1. The standard InChI is InChI=1S/C13H21NOS/c1-10-7-13(16-11(10)2)9-14-8-12-5-3-4-6-15-12/h7,12,14H,3-6,8-9H2,1-2H3. The number of nitrogens with one attached hydrogen (secondary N) is 1. The predicted molar refractivity (Wildman–Crippen MR) is 69.1 cm³/mol. The lowest BCUT2D eigenvalue weighted by atomic mass is 10.1. The topological polar surface area (TPSA) is 21.3 Å². The molecule has 1 aromatic heterocycles. The van der Waals surface area contributed by atoms with E-state index in [-0.39, 0.29) is 0 Å². The molecule has 2 rings (SSSR count). The van der Waals surface area contributed by atoms with E-state index >= 15 is 0 Å². The summed E-state index contributed by atoms with van der Waals surface area (Å²) in [6, 6.07) is 2.29. The summed E-state index contributed by atoms with van der Waals surface area (Å²) in [4.78, 5) is 2.87. The van der Waals surface area contributed by atoms with Gasteiger partial charge in [-0.3, -0.25) is 0 Å². The molecule has 0 saturated carbocycles. The van der Waals surface area contributed by atoms with Crippen LogP contribution in [0, 0.1) is 13.8 Å². The summed E-state index contributed by atoms with van der Waals surface area (Å²) in [7, 11) is 0. The lowest BCUT2D eigenvalue weighted by Crippen LogP contribution is -2.31. The van der Waals surface area contributed by atoms with Crippen LogP contribution in [0.3, 0.4) is 0 Å². The maximum atomic E-state index is 5.69. The molecule has 0 amide bonds. The van der Waals surface area contributed by atoms with Crippen LogP contribution in [0.15, 0.2) is 6.07 Å². The van der Waals surface area contributed by atoms with Gasteiger partial charge in [-0.1, -0.05) is 0 Å². The molecule has 1 saturated heterocycles. The molecular weight excluding hydrogens is 218 g/mol. The zero-order chi connectivity index (χ0) is 11.4. The van der Waals surface area contributed by atoms with Gasteiger partial charge in [0.2, 0.25) is 0 Å². The number of thiophene rings is 1. The van der Waals surface area contributed by atoms with Gasteiger partial charge in [-0.2, -0.15) is 0 Å². The van der Waals surface area contributed by atoms with E-state index in [4.69, 9.17) is 4.74 Å². The maximum absolute atomic E-state index is 5.69. The minimum absolute atomic E-state index is 0.441. The first kappa shape index (κ1) is 12.1. The number of hydrogen-bond donors (Lipinski definition) is 1. The van der Waals surface area contributed by atoms with Crippen LogP contribution in [0.1, 0.15) is 34.6 Å². The van der Waals surface area contributed by atoms with Gasteiger partial charge in [0.05, 0.1) is 6.10 Å². The first-order valence-corrected chi connectivity index (χ1v) is 6.95. The average molecular weight is 239 g/mol. The van der Waals surface area contributed by atoms with E-state index in [0.717, 1.165) is 19.7 Å². The molecule has 1 N–H and O–H groups in total. The molecule has 0 aliphatic carbocycles. The molecule has 16 heavy (non-hydrogen) atoms. The van der Waals surface area contributed by atoms with Crippen molar-refractivity contribution in [1.29, 1.82) is 0 Å². The third kappa shape index (κ3) is 3.30. The summed E-state index contributed by atoms with van der Waals surface area (Å²) < 4.78 is 5.69. The zero-order valence-electron chi connectivity index (χ0n) is 10.2. The van der Waals surface area contributed by atoms with E-state index in [1.54, 1.807) is 0 Å². The molecule has 0 radical (unpaired) electrons. The normalized spacial score (nSPS) is 21.2. The Morgan fingerprint density at radius 3 is 2.94 bits per heavy atom. The Kier molecular flexibility index (Phi) is 4.38. The molecule has 1 aliphatic heterocycles. The van der Waals surface area contributed by atoms with E-state index in [2.05, 4.69) is 25.2 Å². The fraction of sp³-hybridized carbons (Fsp3) is 0.692. The van der Waals surface area contributed by atoms with Crippen molar-refractivity contribution in [3.63, 3.8) is 0 Å². The average Bonchev–Trinajstić information content (AvgIpc) is 2.60. The van der Waals surface area contributed by atoms with Crippen molar-refractivity contribution in [1.82, 2.24) is 5.32 Å². The van der Waals surface area contributed by atoms with Crippen LogP contribution in [0.4, 0.5) is 0 Å². The summed E-state index contributed by atoms with van der Waals surface area (Å²) in [5.41, 5.74) is 1.41. The van der Waals surface area contributed by atoms with E-state index in [9.17, 15) is 0 Å². The second-order valence-electron chi connectivity index (χ2n) is 4.57. The van der Waals surface area contributed by atoms with Crippen LogP contribution in [0.2, 0.25) is 0 Å². The van der Waals surface area contributed by atoms with Gasteiger partial charge in [-0.15, -0.1) is 11.3 Å². The van der Waals surface area contributed by atoms with Gasteiger partial charge < -0.3 is 10.1 Å². The fourth-order valence-electron chi connectivity index (χ4n) is 2.06. The molecular formula is C13H21NOS. The van der Waals surface area contributed by atoms with E-state index < -0.39 is 0 Å². The lowest BCUT2D eigenvalue weighted by Gasteiger charge is -2.22. The minimum Gasteiger partial charge on any atom is -0.377 e. The second kappa shape index (κ2) is 5.80. The molecule has 1 fully saturated rings. The van der Waals surface area contributed by atoms with Gasteiger partial charge >= 0.3 is 0 Å². The summed E-state index contributed by atoms with van der Waals surface area (Å²) in [6.07, 6.45) is 4.22. The highest BCUT2D eigenvalue weighted by molar-refractivity contribution is 7.12. The molecule has 2 heterocycles. The molecule has 1 aliphatic rings. The summed E-state index contributed by atoms with van der Waals surface area (Å²) in [6.45, 7) is 7.30. The van der Waals surface area contributed by atoms with Crippen molar-refractivity contribution in [3.8, 4) is 0 Å². The van der Waals surface area contributed by atoms with E-state index in [1.807, 2.05) is 11.3 Å². The van der Waals surface area contributed by atoms with Crippen molar-refractivity contribution in [3.05, 3.63) is 21.4 Å². The van der Waals surface area contributed by atoms with Crippen LogP contribution in [-0.4, -0.2) is 19.3 Å². The molecule has 0 bridgehead atoms. The van der Waals surface area contributed by atoms with Crippen molar-refractivity contribution < 1.29 is 4.74 Å². The monoisotopic (exact) mass is 239 g/mol. The molecule has 1 unspecified atom stereocenters. The summed E-state index contributed by atoms with van der Waals surface area (Å²) in [5.74, 6) is 0. The lowest BCUT2D eigenvalue weighted by molar-refractivity contribution is 0.0168. The molecule has 3 heteroatoms. The molecule has 1 atom stereocenters. The highest BCUT2D eigenvalue weighted by atomic mass is 32.1. The number of hydrogen-bond acceptors (Lipinski definition) is 3. The first-order valence-electron chi connectivity index (χ1n) is 6.14. The SMILES string of the molecule is Cc1cc(CNCC2CCCCO2)sc1C. The minimum atomic E-state index is 0.441. The van der Waals surface area contributed by atoms with Crippen molar-refractivity contribution in [2.75, 3.05) is 13.2 Å². The summed E-state index contributed by atoms with van der Waals surface area (Å²) >= 11 is 1.90. The quantitative estimate of drug-likeness (QED) is 0.872. The van der Waals surface area contributed by atoms with Gasteiger partial charge in [0.1, 0.15) is 0 Å². The third-order valence-electron chi connectivity index (χ3n) is 3.16. The Labute approximate surface area is 102 Å². The van der Waals surface area contributed by atoms with Gasteiger partial charge in [-0.25, -0.2) is 0 Å². The highest BCUT2D eigenvalue weighted by Crippen LogP contribution is 2.20. The van der Waals surface area contributed by atoms with Crippen LogP contribution in [-0.2, 0) is 11.3 Å². The van der Waals surface area contributed by atoms with Gasteiger partial charge in [0.15, 0.2) is 0 Å². The molecule has 0 aromatic carbocycles. The second-order valence-corrected chi connectivity index (χ2v) is 5.91. The van der Waals surface area contributed by atoms with Gasteiger partial charge in [-0.05, 0) is 44.7 Å². The van der Waals surface area contributed by atoms with Crippen LogP contribution in [0.5, 0.6) is 0 Å². The maximum Gasteiger partial charge on any atom is 0.0699 e. The summed E-state index contributed by atoms with van der Waals surface area (Å²) in [5, 5.41) is 3.50. The molecule has 90 valence electrons. The van der Waals surface area contributed by atoms with E-state index in [0.29, 0.717) is 6.10 Å². The Morgan fingerprint density at radius 2 is 2.31 bits per heavy atom. The largest absolute Gasteiger partial charge is 0.377 e. The predicted octanol–water partition coefficient (Wildman–Crippen LogP) is 3.02. The Morgan fingerprint density at radius 1 is 1.44 bits per heavy atom. The highest BCUT2D eigenvalue weighted by Gasteiger charge is 2.13. The van der Waals surface area contributed by atoms with Crippen LogP contribution >= 0.6 is 11.3 Å². The van der Waals surface area contributed by atoms with Crippen LogP contribution < -0.4 is 5.32 Å². The van der Waals surface area contributed by atoms with Crippen molar-refractivity contribution in [2.24, 2.45) is 0 Å². The smallest absolute Gasteiger partial charge is 0.0699 e. The molecule has 2 nitrogen and oxygen atoms in total. The molecule has 1 aromatic rings. The zero-order valence-corrected chi connectivity index (χ0v) is 11.0. The Balaban J connectivity index is 1.71. The van der Waals surface area contributed by atoms with Crippen molar-refractivity contribution in [2.45, 2.75) is 45.8 Å². The fourth-order valence-corrected chi connectivity index (χ4v) is 3.08. The first-order chi connectivity index (χ1) is 7.75. The van der Waals surface area contributed by atoms with Crippen LogP contribution in [0.25, 0.3) is 0 Å². The van der Waals surface area contributed by atoms with Gasteiger partial charge in [0.25, 0.3) is 0 Å². The Hall–Kier alpha value is -0.380. The molecule has 0 spiro atoms. The Bertz CT molecular complexity index is 309. The number of aryl methyl sites for hydroxylation is 2.